The van der Waals surface area contributed by atoms with E-state index in [9.17, 15) is 9.59 Å². The molecule has 3 aromatic rings. The van der Waals surface area contributed by atoms with Gasteiger partial charge in [0.05, 0.1) is 20.8 Å². The van der Waals surface area contributed by atoms with Gasteiger partial charge in [0, 0.05) is 12.1 Å². The van der Waals surface area contributed by atoms with E-state index in [0.717, 1.165) is 22.2 Å². The first-order valence-electron chi connectivity index (χ1n) is 8.24. The van der Waals surface area contributed by atoms with Crippen LogP contribution in [0, 0.1) is 6.92 Å². The molecule has 134 valence electrons. The summed E-state index contributed by atoms with van der Waals surface area (Å²) in [7, 11) is 0. The summed E-state index contributed by atoms with van der Waals surface area (Å²) in [6, 6.07) is 10.7. The standard InChI is InChI=1S/C19H18ClN3O2S/c1-3-4-17(24)23-19-22-15-8-6-12(10-16(15)26-19)21-18(25)13-7-5-11(2)9-14(13)20/h5-10H,3-4H2,1-2H3,(H,21,25)(H,22,23,24). The molecule has 0 aliphatic carbocycles. The second-order valence-corrected chi connectivity index (χ2v) is 7.37. The molecule has 2 aromatic carbocycles. The number of fused-ring (bicyclic) bond motifs is 1. The zero-order valence-corrected chi connectivity index (χ0v) is 16.0. The van der Waals surface area contributed by atoms with E-state index >= 15 is 0 Å². The van der Waals surface area contributed by atoms with Gasteiger partial charge < -0.3 is 10.6 Å². The number of halogens is 1. The first-order valence-corrected chi connectivity index (χ1v) is 9.43. The van der Waals surface area contributed by atoms with E-state index in [1.807, 2.05) is 32.0 Å². The van der Waals surface area contributed by atoms with Gasteiger partial charge in [-0.3, -0.25) is 9.59 Å². The molecule has 0 unspecified atom stereocenters. The van der Waals surface area contributed by atoms with E-state index in [2.05, 4.69) is 15.6 Å². The fraction of sp³-hybridized carbons (Fsp3) is 0.211. The summed E-state index contributed by atoms with van der Waals surface area (Å²) in [5.41, 5.74) is 2.84. The number of anilines is 2. The Kier molecular flexibility index (Phi) is 5.54. The van der Waals surface area contributed by atoms with Crippen LogP contribution < -0.4 is 10.6 Å². The van der Waals surface area contributed by atoms with Crippen LogP contribution in [-0.4, -0.2) is 16.8 Å². The Morgan fingerprint density at radius 3 is 2.69 bits per heavy atom. The molecule has 0 fully saturated rings. The highest BCUT2D eigenvalue weighted by atomic mass is 35.5. The Labute approximate surface area is 160 Å². The van der Waals surface area contributed by atoms with Gasteiger partial charge in [0.2, 0.25) is 5.91 Å². The summed E-state index contributed by atoms with van der Waals surface area (Å²) in [4.78, 5) is 28.5. The van der Waals surface area contributed by atoms with Gasteiger partial charge in [0.15, 0.2) is 5.13 Å². The van der Waals surface area contributed by atoms with Crippen LogP contribution in [0.4, 0.5) is 10.8 Å². The third-order valence-corrected chi connectivity index (χ3v) is 4.99. The highest BCUT2D eigenvalue weighted by molar-refractivity contribution is 7.22. The molecular weight excluding hydrogens is 370 g/mol. The Balaban J connectivity index is 1.78. The summed E-state index contributed by atoms with van der Waals surface area (Å²) in [5, 5.41) is 6.62. The zero-order chi connectivity index (χ0) is 18.7. The number of thiazole rings is 1. The monoisotopic (exact) mass is 387 g/mol. The molecule has 3 rings (SSSR count). The van der Waals surface area contributed by atoms with Gasteiger partial charge in [0.1, 0.15) is 0 Å². The van der Waals surface area contributed by atoms with Crippen LogP contribution in [0.1, 0.15) is 35.7 Å². The van der Waals surface area contributed by atoms with E-state index in [1.54, 1.807) is 18.2 Å². The average molecular weight is 388 g/mol. The van der Waals surface area contributed by atoms with Crippen molar-refractivity contribution in [3.63, 3.8) is 0 Å². The Morgan fingerprint density at radius 1 is 1.15 bits per heavy atom. The molecule has 2 N–H and O–H groups in total. The number of benzene rings is 2. The van der Waals surface area contributed by atoms with Gasteiger partial charge in [-0.2, -0.15) is 0 Å². The lowest BCUT2D eigenvalue weighted by Crippen LogP contribution is -2.12. The summed E-state index contributed by atoms with van der Waals surface area (Å²) < 4.78 is 0.879. The Morgan fingerprint density at radius 2 is 1.96 bits per heavy atom. The van der Waals surface area contributed by atoms with Crippen molar-refractivity contribution in [2.75, 3.05) is 10.6 Å². The molecule has 0 spiro atoms. The van der Waals surface area contributed by atoms with Crippen molar-refractivity contribution >= 4 is 55.8 Å². The number of nitrogens with one attached hydrogen (secondary N) is 2. The normalized spacial score (nSPS) is 10.7. The SMILES string of the molecule is CCCC(=O)Nc1nc2ccc(NC(=O)c3ccc(C)cc3Cl)cc2s1. The van der Waals surface area contributed by atoms with Crippen LogP contribution in [-0.2, 0) is 4.79 Å². The molecule has 0 atom stereocenters. The molecule has 0 saturated carbocycles. The largest absolute Gasteiger partial charge is 0.322 e. The van der Waals surface area contributed by atoms with E-state index in [0.29, 0.717) is 27.8 Å². The third kappa shape index (κ3) is 4.20. The number of carbonyl (C=O) groups excluding carboxylic acids is 2. The van der Waals surface area contributed by atoms with Crippen molar-refractivity contribution in [2.45, 2.75) is 26.7 Å². The number of rotatable bonds is 5. The number of hydrogen-bond donors (Lipinski definition) is 2. The number of amides is 2. The molecule has 0 aliphatic rings. The summed E-state index contributed by atoms with van der Waals surface area (Å²) in [6.07, 6.45) is 1.25. The first-order chi connectivity index (χ1) is 12.5. The summed E-state index contributed by atoms with van der Waals surface area (Å²) in [6.45, 7) is 3.87. The van der Waals surface area contributed by atoms with Gasteiger partial charge >= 0.3 is 0 Å². The second kappa shape index (κ2) is 7.85. The van der Waals surface area contributed by atoms with Gasteiger partial charge in [-0.05, 0) is 49.2 Å². The third-order valence-electron chi connectivity index (χ3n) is 3.74. The van der Waals surface area contributed by atoms with Crippen molar-refractivity contribution in [3.05, 3.63) is 52.5 Å². The van der Waals surface area contributed by atoms with Crippen LogP contribution in [0.3, 0.4) is 0 Å². The fourth-order valence-electron chi connectivity index (χ4n) is 2.47. The van der Waals surface area contributed by atoms with Crippen molar-refractivity contribution in [2.24, 2.45) is 0 Å². The number of carbonyl (C=O) groups is 2. The summed E-state index contributed by atoms with van der Waals surface area (Å²) in [5.74, 6) is -0.315. The molecule has 1 heterocycles. The van der Waals surface area contributed by atoms with Gasteiger partial charge in [-0.1, -0.05) is 35.9 Å². The predicted molar refractivity (Wildman–Crippen MR) is 107 cm³/mol. The molecule has 26 heavy (non-hydrogen) atoms. The topological polar surface area (TPSA) is 71.1 Å². The molecule has 0 bridgehead atoms. The lowest BCUT2D eigenvalue weighted by Gasteiger charge is -2.07. The first kappa shape index (κ1) is 18.4. The molecule has 0 saturated heterocycles. The Bertz CT molecular complexity index is 984. The molecule has 7 heteroatoms. The lowest BCUT2D eigenvalue weighted by atomic mass is 10.1. The van der Waals surface area contributed by atoms with Crippen LogP contribution >= 0.6 is 22.9 Å². The van der Waals surface area contributed by atoms with Crippen LogP contribution in [0.2, 0.25) is 5.02 Å². The minimum atomic E-state index is -0.268. The maximum Gasteiger partial charge on any atom is 0.257 e. The van der Waals surface area contributed by atoms with E-state index in [-0.39, 0.29) is 11.8 Å². The number of aromatic nitrogens is 1. The maximum absolute atomic E-state index is 12.4. The highest BCUT2D eigenvalue weighted by Crippen LogP contribution is 2.29. The van der Waals surface area contributed by atoms with E-state index < -0.39 is 0 Å². The van der Waals surface area contributed by atoms with Crippen molar-refractivity contribution < 1.29 is 9.59 Å². The molecule has 2 amide bonds. The fourth-order valence-corrected chi connectivity index (χ4v) is 3.71. The Hall–Kier alpha value is -2.44. The molecular formula is C19H18ClN3O2S. The minimum absolute atomic E-state index is 0.0471. The smallest absolute Gasteiger partial charge is 0.257 e. The minimum Gasteiger partial charge on any atom is -0.322 e. The molecule has 5 nitrogen and oxygen atoms in total. The van der Waals surface area contributed by atoms with Crippen LogP contribution in [0.25, 0.3) is 10.2 Å². The molecule has 0 radical (unpaired) electrons. The number of aryl methyl sites for hydroxylation is 1. The second-order valence-electron chi connectivity index (χ2n) is 5.94. The lowest BCUT2D eigenvalue weighted by molar-refractivity contribution is -0.116. The van der Waals surface area contributed by atoms with Crippen molar-refractivity contribution in [1.82, 2.24) is 4.98 Å². The maximum atomic E-state index is 12.4. The summed E-state index contributed by atoms with van der Waals surface area (Å²) >= 11 is 7.53. The highest BCUT2D eigenvalue weighted by Gasteiger charge is 2.12. The zero-order valence-electron chi connectivity index (χ0n) is 14.4. The van der Waals surface area contributed by atoms with Gasteiger partial charge in [-0.25, -0.2) is 4.98 Å². The number of hydrogen-bond acceptors (Lipinski definition) is 4. The number of nitrogens with zero attached hydrogens (tertiary/aromatic N) is 1. The van der Waals surface area contributed by atoms with Crippen molar-refractivity contribution in [3.8, 4) is 0 Å². The van der Waals surface area contributed by atoms with Gasteiger partial charge in [0.25, 0.3) is 5.91 Å². The van der Waals surface area contributed by atoms with Gasteiger partial charge in [-0.15, -0.1) is 0 Å². The van der Waals surface area contributed by atoms with Crippen LogP contribution in [0.5, 0.6) is 0 Å². The van der Waals surface area contributed by atoms with Crippen molar-refractivity contribution in [1.29, 1.82) is 0 Å². The quantitative estimate of drug-likeness (QED) is 0.628. The van der Waals surface area contributed by atoms with E-state index in [1.165, 1.54) is 11.3 Å². The predicted octanol–water partition coefficient (Wildman–Crippen LogP) is 5.25. The van der Waals surface area contributed by atoms with Crippen LogP contribution in [0.15, 0.2) is 36.4 Å². The molecule has 1 aromatic heterocycles. The van der Waals surface area contributed by atoms with E-state index in [4.69, 9.17) is 11.6 Å². The average Bonchev–Trinajstić information content (AvgIpc) is 2.96. The molecule has 0 aliphatic heterocycles.